The Balaban J connectivity index is 1.32. The Kier molecular flexibility index (Phi) is 5.79. The summed E-state index contributed by atoms with van der Waals surface area (Å²) in [6.45, 7) is 1.09. The van der Waals surface area contributed by atoms with Crippen molar-refractivity contribution in [3.05, 3.63) is 84.1 Å². The number of ether oxygens (including phenoxy) is 1. The zero-order chi connectivity index (χ0) is 21.8. The third kappa shape index (κ3) is 5.14. The number of aromatic nitrogens is 1. The van der Waals surface area contributed by atoms with Crippen molar-refractivity contribution in [2.75, 3.05) is 18.0 Å². The first-order chi connectivity index (χ1) is 14.9. The lowest BCUT2D eigenvalue weighted by molar-refractivity contribution is -0.137. The van der Waals surface area contributed by atoms with Crippen LogP contribution < -0.4 is 15.0 Å². The topological polar surface area (TPSA) is 54.5 Å². The van der Waals surface area contributed by atoms with Crippen molar-refractivity contribution in [1.29, 1.82) is 0 Å². The van der Waals surface area contributed by atoms with Crippen LogP contribution in [0.25, 0.3) is 0 Å². The SMILES string of the molecule is O=C(NC1CCN(c2ccc(C(F)(F)F)cn2)C1)c1ccc(Oc2ccccc2)cc1. The number of nitrogens with one attached hydrogen (secondary N) is 1. The highest BCUT2D eigenvalue weighted by molar-refractivity contribution is 5.94. The lowest BCUT2D eigenvalue weighted by Gasteiger charge is -2.18. The highest BCUT2D eigenvalue weighted by atomic mass is 19.4. The van der Waals surface area contributed by atoms with Gasteiger partial charge in [-0.25, -0.2) is 4.98 Å². The number of carbonyl (C=O) groups excluding carboxylic acids is 1. The third-order valence-electron chi connectivity index (χ3n) is 5.02. The Morgan fingerprint density at radius 1 is 1.00 bits per heavy atom. The summed E-state index contributed by atoms with van der Waals surface area (Å²) >= 11 is 0. The lowest BCUT2D eigenvalue weighted by atomic mass is 10.2. The Morgan fingerprint density at radius 2 is 1.71 bits per heavy atom. The minimum atomic E-state index is -4.41. The molecule has 0 saturated carbocycles. The molecule has 1 aliphatic heterocycles. The normalized spacial score (nSPS) is 16.2. The Labute approximate surface area is 177 Å². The van der Waals surface area contributed by atoms with Gasteiger partial charge in [0.15, 0.2) is 0 Å². The highest BCUT2D eigenvalue weighted by Crippen LogP contribution is 2.30. The molecule has 2 aromatic carbocycles. The van der Waals surface area contributed by atoms with E-state index in [0.29, 0.717) is 42.4 Å². The first-order valence-corrected chi connectivity index (χ1v) is 9.80. The molecule has 5 nitrogen and oxygen atoms in total. The van der Waals surface area contributed by atoms with Gasteiger partial charge in [0.25, 0.3) is 5.91 Å². The molecule has 1 amide bonds. The lowest BCUT2D eigenvalue weighted by Crippen LogP contribution is -2.37. The quantitative estimate of drug-likeness (QED) is 0.629. The van der Waals surface area contributed by atoms with E-state index >= 15 is 0 Å². The number of amides is 1. The van der Waals surface area contributed by atoms with Gasteiger partial charge in [-0.1, -0.05) is 18.2 Å². The van der Waals surface area contributed by atoms with E-state index < -0.39 is 11.7 Å². The van der Waals surface area contributed by atoms with E-state index in [1.807, 2.05) is 35.2 Å². The van der Waals surface area contributed by atoms with Crippen LogP contribution in [-0.4, -0.2) is 30.0 Å². The minimum Gasteiger partial charge on any atom is -0.457 e. The number of rotatable bonds is 5. The maximum atomic E-state index is 12.7. The van der Waals surface area contributed by atoms with Crippen LogP contribution in [0.1, 0.15) is 22.3 Å². The highest BCUT2D eigenvalue weighted by Gasteiger charge is 2.31. The first kappa shape index (κ1) is 20.7. The largest absolute Gasteiger partial charge is 0.457 e. The molecule has 1 aromatic heterocycles. The zero-order valence-electron chi connectivity index (χ0n) is 16.5. The maximum absolute atomic E-state index is 12.7. The number of para-hydroxylation sites is 1. The summed E-state index contributed by atoms with van der Waals surface area (Å²) in [7, 11) is 0. The number of benzene rings is 2. The predicted molar refractivity (Wildman–Crippen MR) is 110 cm³/mol. The van der Waals surface area contributed by atoms with Gasteiger partial charge in [0.05, 0.1) is 5.56 Å². The number of carbonyl (C=O) groups is 1. The number of hydrogen-bond donors (Lipinski definition) is 1. The van der Waals surface area contributed by atoms with E-state index in [1.165, 1.54) is 6.07 Å². The van der Waals surface area contributed by atoms with Crippen molar-refractivity contribution in [2.24, 2.45) is 0 Å². The molecular weight excluding hydrogens is 407 g/mol. The number of anilines is 1. The molecule has 1 N–H and O–H groups in total. The third-order valence-corrected chi connectivity index (χ3v) is 5.02. The van der Waals surface area contributed by atoms with Gasteiger partial charge in [-0.15, -0.1) is 0 Å². The second-order valence-corrected chi connectivity index (χ2v) is 7.25. The molecule has 1 saturated heterocycles. The number of hydrogen-bond acceptors (Lipinski definition) is 4. The smallest absolute Gasteiger partial charge is 0.417 e. The molecule has 1 aliphatic rings. The van der Waals surface area contributed by atoms with Crippen LogP contribution in [0.15, 0.2) is 72.9 Å². The standard InChI is InChI=1S/C23H20F3N3O2/c24-23(25,26)17-8-11-21(27-14-17)29-13-12-18(15-29)28-22(30)16-6-9-20(10-7-16)31-19-4-2-1-3-5-19/h1-11,14,18H,12-13,15H2,(H,28,30). The van der Waals surface area contributed by atoms with E-state index in [2.05, 4.69) is 10.3 Å². The molecule has 31 heavy (non-hydrogen) atoms. The molecule has 1 unspecified atom stereocenters. The van der Waals surface area contributed by atoms with E-state index in [9.17, 15) is 18.0 Å². The van der Waals surface area contributed by atoms with E-state index in [4.69, 9.17) is 4.74 Å². The Bertz CT molecular complexity index is 1020. The van der Waals surface area contributed by atoms with Crippen molar-refractivity contribution >= 4 is 11.7 Å². The van der Waals surface area contributed by atoms with Crippen LogP contribution in [0, 0.1) is 0 Å². The molecule has 3 aromatic rings. The van der Waals surface area contributed by atoms with Crippen molar-refractivity contribution in [3.63, 3.8) is 0 Å². The fraction of sp³-hybridized carbons (Fsp3) is 0.217. The number of alkyl halides is 3. The first-order valence-electron chi connectivity index (χ1n) is 9.80. The van der Waals surface area contributed by atoms with Gasteiger partial charge in [0.2, 0.25) is 0 Å². The molecule has 0 radical (unpaired) electrons. The molecule has 0 bridgehead atoms. The average molecular weight is 427 g/mol. The summed E-state index contributed by atoms with van der Waals surface area (Å²) in [5.74, 6) is 1.59. The van der Waals surface area contributed by atoms with Gasteiger partial charge in [0, 0.05) is 30.9 Å². The van der Waals surface area contributed by atoms with Gasteiger partial charge in [-0.05, 0) is 55.0 Å². The van der Waals surface area contributed by atoms with Gasteiger partial charge in [0.1, 0.15) is 17.3 Å². The molecular formula is C23H20F3N3O2. The van der Waals surface area contributed by atoms with Crippen molar-refractivity contribution in [2.45, 2.75) is 18.6 Å². The fourth-order valence-electron chi connectivity index (χ4n) is 3.39. The van der Waals surface area contributed by atoms with Gasteiger partial charge in [-0.2, -0.15) is 13.2 Å². The molecule has 4 rings (SSSR count). The van der Waals surface area contributed by atoms with Crippen LogP contribution in [0.5, 0.6) is 11.5 Å². The van der Waals surface area contributed by atoms with Gasteiger partial charge in [-0.3, -0.25) is 4.79 Å². The van der Waals surface area contributed by atoms with E-state index in [0.717, 1.165) is 12.3 Å². The monoisotopic (exact) mass is 427 g/mol. The van der Waals surface area contributed by atoms with Crippen molar-refractivity contribution < 1.29 is 22.7 Å². The molecule has 1 atom stereocenters. The zero-order valence-corrected chi connectivity index (χ0v) is 16.5. The van der Waals surface area contributed by atoms with Crippen LogP contribution in [-0.2, 0) is 6.18 Å². The van der Waals surface area contributed by atoms with Gasteiger partial charge >= 0.3 is 6.18 Å². The molecule has 0 spiro atoms. The molecule has 160 valence electrons. The fourth-order valence-corrected chi connectivity index (χ4v) is 3.39. The van der Waals surface area contributed by atoms with Crippen LogP contribution in [0.3, 0.4) is 0 Å². The van der Waals surface area contributed by atoms with E-state index in [-0.39, 0.29) is 11.9 Å². The maximum Gasteiger partial charge on any atom is 0.417 e. The van der Waals surface area contributed by atoms with Crippen molar-refractivity contribution in [3.8, 4) is 11.5 Å². The van der Waals surface area contributed by atoms with Crippen LogP contribution in [0.2, 0.25) is 0 Å². The van der Waals surface area contributed by atoms with E-state index in [1.54, 1.807) is 24.3 Å². The summed E-state index contributed by atoms with van der Waals surface area (Å²) in [6, 6.07) is 18.5. The molecule has 1 fully saturated rings. The second-order valence-electron chi connectivity index (χ2n) is 7.25. The molecule has 8 heteroatoms. The summed E-state index contributed by atoms with van der Waals surface area (Å²) in [5.41, 5.74) is -0.272. The Morgan fingerprint density at radius 3 is 2.35 bits per heavy atom. The number of nitrogens with zero attached hydrogens (tertiary/aromatic N) is 2. The summed E-state index contributed by atoms with van der Waals surface area (Å²) in [6.07, 6.45) is -2.89. The number of halogens is 3. The van der Waals surface area contributed by atoms with Gasteiger partial charge < -0.3 is 15.0 Å². The van der Waals surface area contributed by atoms with Crippen molar-refractivity contribution in [1.82, 2.24) is 10.3 Å². The Hall–Kier alpha value is -3.55. The second kappa shape index (κ2) is 8.67. The summed E-state index contributed by atoms with van der Waals surface area (Å²) < 4.78 is 43.8. The predicted octanol–water partition coefficient (Wildman–Crippen LogP) is 4.90. The molecule has 0 aliphatic carbocycles. The van der Waals surface area contributed by atoms with Crippen LogP contribution in [0.4, 0.5) is 19.0 Å². The molecule has 2 heterocycles. The van der Waals surface area contributed by atoms with Crippen LogP contribution >= 0.6 is 0 Å². The minimum absolute atomic E-state index is 0.114. The summed E-state index contributed by atoms with van der Waals surface area (Å²) in [4.78, 5) is 18.3. The average Bonchev–Trinajstić information content (AvgIpc) is 3.23. The summed E-state index contributed by atoms with van der Waals surface area (Å²) in [5, 5.41) is 2.97. The number of pyridine rings is 1.